The van der Waals surface area contributed by atoms with E-state index in [2.05, 4.69) is 87.1 Å². The van der Waals surface area contributed by atoms with E-state index in [4.69, 9.17) is 0 Å². The van der Waals surface area contributed by atoms with Crippen LogP contribution in [0, 0.1) is 17.3 Å². The quantitative estimate of drug-likeness (QED) is 0.390. The number of carbonyl (C=O) groups excluding carboxylic acids is 2. The summed E-state index contributed by atoms with van der Waals surface area (Å²) in [5.41, 5.74) is 3.62. The number of amides is 2. The minimum atomic E-state index is -0.139. The molecular formula is C39H65N9O2. The van der Waals surface area contributed by atoms with Crippen LogP contribution in [0.1, 0.15) is 88.2 Å². The van der Waals surface area contributed by atoms with Gasteiger partial charge in [-0.2, -0.15) is 0 Å². The van der Waals surface area contributed by atoms with E-state index in [-0.39, 0.29) is 11.8 Å². The van der Waals surface area contributed by atoms with Gasteiger partial charge in [0.15, 0.2) is 0 Å². The molecule has 50 heavy (non-hydrogen) atoms. The van der Waals surface area contributed by atoms with Crippen molar-refractivity contribution in [3.8, 4) is 0 Å². The van der Waals surface area contributed by atoms with Gasteiger partial charge in [0.25, 0.3) is 11.8 Å². The average molecular weight is 692 g/mol. The molecule has 3 N–H and O–H groups in total. The van der Waals surface area contributed by atoms with Crippen LogP contribution >= 0.6 is 0 Å². The van der Waals surface area contributed by atoms with Gasteiger partial charge in [0.2, 0.25) is 0 Å². The second-order valence-corrected chi connectivity index (χ2v) is 15.6. The maximum atomic E-state index is 11.6. The molecule has 0 aromatic carbocycles. The molecule has 3 saturated heterocycles. The molecular weight excluding hydrogens is 626 g/mol. The Bertz CT molecular complexity index is 1300. The predicted octanol–water partition coefficient (Wildman–Crippen LogP) is 4.37. The van der Waals surface area contributed by atoms with Crippen LogP contribution in [0.25, 0.3) is 0 Å². The van der Waals surface area contributed by atoms with E-state index >= 15 is 0 Å². The van der Waals surface area contributed by atoms with Crippen molar-refractivity contribution < 1.29 is 9.59 Å². The second-order valence-electron chi connectivity index (χ2n) is 15.6. The average Bonchev–Trinajstić information content (AvgIpc) is 3.66. The number of nitrogens with zero attached hydrogens (tertiary/aromatic N) is 6. The molecule has 0 radical (unpaired) electrons. The molecule has 4 fully saturated rings. The summed E-state index contributed by atoms with van der Waals surface area (Å²) in [7, 11) is 3.25. The van der Waals surface area contributed by atoms with E-state index in [1.54, 1.807) is 32.4 Å². The Labute approximate surface area is 302 Å². The Morgan fingerprint density at radius 2 is 1.22 bits per heavy atom. The maximum Gasteiger partial charge on any atom is 0.269 e. The molecule has 1 saturated carbocycles. The minimum Gasteiger partial charge on any atom is -0.368 e. The topological polar surface area (TPSA) is 109 Å². The van der Waals surface area contributed by atoms with E-state index in [1.165, 1.54) is 25.7 Å². The summed E-state index contributed by atoms with van der Waals surface area (Å²) < 4.78 is 0. The van der Waals surface area contributed by atoms with Crippen LogP contribution < -0.4 is 25.8 Å². The lowest BCUT2D eigenvalue weighted by Gasteiger charge is -2.50. The zero-order valence-corrected chi connectivity index (χ0v) is 32.2. The van der Waals surface area contributed by atoms with Gasteiger partial charge in [0.1, 0.15) is 11.4 Å². The largest absolute Gasteiger partial charge is 0.368 e. The van der Waals surface area contributed by atoms with E-state index in [0.29, 0.717) is 22.8 Å². The Morgan fingerprint density at radius 3 is 1.54 bits per heavy atom. The minimum absolute atomic E-state index is 0.134. The van der Waals surface area contributed by atoms with Crippen molar-refractivity contribution in [2.24, 2.45) is 17.3 Å². The first-order valence-electron chi connectivity index (χ1n) is 19.0. The summed E-state index contributed by atoms with van der Waals surface area (Å²) in [4.78, 5) is 41.5. The predicted molar refractivity (Wildman–Crippen MR) is 205 cm³/mol. The highest BCUT2D eigenvalue weighted by atomic mass is 16.2. The first-order chi connectivity index (χ1) is 23.9. The monoisotopic (exact) mass is 692 g/mol. The van der Waals surface area contributed by atoms with Crippen molar-refractivity contribution in [1.29, 1.82) is 0 Å². The number of pyridine rings is 2. The number of carbonyl (C=O) groups is 2. The van der Waals surface area contributed by atoms with Crippen LogP contribution in [0.4, 0.5) is 11.4 Å². The fourth-order valence-corrected chi connectivity index (χ4v) is 6.91. The van der Waals surface area contributed by atoms with Gasteiger partial charge in [-0.25, -0.2) is 9.97 Å². The molecule has 2 aromatic heterocycles. The highest BCUT2D eigenvalue weighted by Crippen LogP contribution is 2.43. The van der Waals surface area contributed by atoms with Crippen LogP contribution in [-0.4, -0.2) is 123 Å². The second kappa shape index (κ2) is 18.8. The van der Waals surface area contributed by atoms with Gasteiger partial charge in [0.05, 0.1) is 23.8 Å². The van der Waals surface area contributed by atoms with Crippen molar-refractivity contribution in [2.45, 2.75) is 79.3 Å². The zero-order valence-electron chi connectivity index (χ0n) is 32.2. The van der Waals surface area contributed by atoms with E-state index in [9.17, 15) is 9.59 Å². The van der Waals surface area contributed by atoms with Crippen molar-refractivity contribution in [3.63, 3.8) is 0 Å². The number of anilines is 2. The van der Waals surface area contributed by atoms with Gasteiger partial charge in [-0.3, -0.25) is 19.4 Å². The number of rotatable bonds is 7. The molecule has 1 aliphatic carbocycles. The fraction of sp³-hybridized carbons (Fsp3) is 0.692. The Hall–Kier alpha value is -3.28. The molecule has 278 valence electrons. The van der Waals surface area contributed by atoms with Crippen LogP contribution in [-0.2, 0) is 0 Å². The van der Waals surface area contributed by atoms with Crippen LogP contribution in [0.15, 0.2) is 36.7 Å². The van der Waals surface area contributed by atoms with E-state index in [1.807, 2.05) is 18.3 Å². The summed E-state index contributed by atoms with van der Waals surface area (Å²) >= 11 is 0. The molecule has 4 aliphatic rings. The SMILES string of the molecule is CCC(C)C.CNC(=O)c1ccc(N2CCN(C3CC(C(C)(C)C)C3)CC2)cn1.CNC(=O)c1ccc(N2CCN(C3CCNC3)CC2)cn1. The molecule has 6 rings (SSSR count). The number of aromatic nitrogens is 2. The van der Waals surface area contributed by atoms with Crippen molar-refractivity contribution in [2.75, 3.05) is 89.3 Å². The van der Waals surface area contributed by atoms with Gasteiger partial charge in [-0.1, -0.05) is 48.0 Å². The summed E-state index contributed by atoms with van der Waals surface area (Å²) in [6.07, 6.45) is 8.90. The first-order valence-corrected chi connectivity index (χ1v) is 19.0. The first kappa shape index (κ1) is 39.5. The molecule has 3 aliphatic heterocycles. The van der Waals surface area contributed by atoms with E-state index < -0.39 is 0 Å². The maximum absolute atomic E-state index is 11.6. The van der Waals surface area contributed by atoms with Gasteiger partial charge >= 0.3 is 0 Å². The number of nitrogens with one attached hydrogen (secondary N) is 3. The lowest BCUT2D eigenvalue weighted by atomic mass is 9.65. The fourth-order valence-electron chi connectivity index (χ4n) is 6.91. The highest BCUT2D eigenvalue weighted by molar-refractivity contribution is 5.92. The van der Waals surface area contributed by atoms with Gasteiger partial charge in [-0.15, -0.1) is 0 Å². The van der Waals surface area contributed by atoms with Crippen molar-refractivity contribution in [1.82, 2.24) is 35.7 Å². The van der Waals surface area contributed by atoms with Crippen LogP contribution in [0.5, 0.6) is 0 Å². The Balaban J connectivity index is 0.000000199. The van der Waals surface area contributed by atoms with Gasteiger partial charge < -0.3 is 25.8 Å². The lowest BCUT2D eigenvalue weighted by molar-refractivity contribution is 0.0183. The third-order valence-electron chi connectivity index (χ3n) is 11.0. The molecule has 0 spiro atoms. The summed E-state index contributed by atoms with van der Waals surface area (Å²) in [5.74, 6) is 1.49. The third kappa shape index (κ3) is 11.1. The van der Waals surface area contributed by atoms with Crippen molar-refractivity contribution >= 4 is 23.2 Å². The normalized spacial score (nSPS) is 22.9. The molecule has 2 aromatic rings. The molecule has 2 amide bonds. The van der Waals surface area contributed by atoms with Gasteiger partial charge in [-0.05, 0) is 67.3 Å². The standard InChI is InChI=1S/C19H30N4O.C15H23N5O.C5H12/c1-19(2,3)14-11-16(12-14)23-9-7-22(8-10-23)15-5-6-17(21-13-15)18(24)20-4;1-16-15(21)14-3-2-12(11-18-14)19-6-8-20(9-7-19)13-4-5-17-10-13;1-4-5(2)3/h5-6,13-14,16H,7-12H2,1-4H3,(H,20,24);2-3,11,13,17H,4-10H2,1H3,(H,16,21);5H,4H2,1-3H3. The molecule has 11 nitrogen and oxygen atoms in total. The van der Waals surface area contributed by atoms with Crippen molar-refractivity contribution in [3.05, 3.63) is 48.0 Å². The molecule has 5 heterocycles. The lowest BCUT2D eigenvalue weighted by Crippen LogP contribution is -2.55. The molecule has 1 atom stereocenters. The number of piperazine rings is 2. The van der Waals surface area contributed by atoms with Gasteiger partial charge in [0, 0.05) is 85.1 Å². The third-order valence-corrected chi connectivity index (χ3v) is 11.0. The van der Waals surface area contributed by atoms with E-state index in [0.717, 1.165) is 94.7 Å². The van der Waals surface area contributed by atoms with Crippen LogP contribution in [0.3, 0.4) is 0 Å². The van der Waals surface area contributed by atoms with Crippen LogP contribution in [0.2, 0.25) is 0 Å². The Kier molecular flexibility index (Phi) is 14.9. The molecule has 11 heteroatoms. The smallest absolute Gasteiger partial charge is 0.269 e. The zero-order chi connectivity index (χ0) is 36.3. The summed E-state index contributed by atoms with van der Waals surface area (Å²) in [6, 6.07) is 9.09. The number of hydrogen-bond donors (Lipinski definition) is 3. The number of hydrogen-bond acceptors (Lipinski definition) is 9. The molecule has 1 unspecified atom stereocenters. The Morgan fingerprint density at radius 1 is 0.780 bits per heavy atom. The summed E-state index contributed by atoms with van der Waals surface area (Å²) in [6.45, 7) is 24.6. The summed E-state index contributed by atoms with van der Waals surface area (Å²) in [5, 5.41) is 8.63. The highest BCUT2D eigenvalue weighted by Gasteiger charge is 2.40. The molecule has 0 bridgehead atoms.